The number of anilines is 1. The van der Waals surface area contributed by atoms with Gasteiger partial charge in [-0.05, 0) is 36.2 Å². The van der Waals surface area contributed by atoms with Gasteiger partial charge in [0.05, 0.1) is 7.11 Å². The molecule has 3 rings (SSSR count). The third-order valence-electron chi connectivity index (χ3n) is 3.56. The molecule has 4 nitrogen and oxygen atoms in total. The molecule has 2 aromatic rings. The fourth-order valence-corrected chi connectivity index (χ4v) is 2.53. The first-order valence-electron chi connectivity index (χ1n) is 6.47. The molecule has 1 heterocycles. The summed E-state index contributed by atoms with van der Waals surface area (Å²) in [5.41, 5.74) is 2.59. The Morgan fingerprint density at radius 2 is 2.05 bits per heavy atom. The van der Waals surface area contributed by atoms with Gasteiger partial charge in [-0.25, -0.2) is 0 Å². The second-order valence-corrected chi connectivity index (χ2v) is 4.72. The number of methoxy groups -OCH3 is 1. The maximum atomic E-state index is 12.5. The monoisotopic (exact) mass is 269 g/mol. The molecule has 0 aliphatic carbocycles. The minimum Gasteiger partial charge on any atom is -0.504 e. The van der Waals surface area contributed by atoms with Crippen LogP contribution in [0.15, 0.2) is 42.5 Å². The second-order valence-electron chi connectivity index (χ2n) is 4.72. The molecule has 0 radical (unpaired) electrons. The summed E-state index contributed by atoms with van der Waals surface area (Å²) in [5.74, 6) is 0.238. The first kappa shape index (κ1) is 12.5. The SMILES string of the molecule is COc1ccc(C(=O)N2CCc3ccccc32)cc1O. The summed E-state index contributed by atoms with van der Waals surface area (Å²) in [6, 6.07) is 12.6. The van der Waals surface area contributed by atoms with Gasteiger partial charge < -0.3 is 14.7 Å². The number of aromatic hydroxyl groups is 1. The molecule has 0 saturated carbocycles. The summed E-state index contributed by atoms with van der Waals surface area (Å²) in [6.07, 6.45) is 0.865. The van der Waals surface area contributed by atoms with E-state index >= 15 is 0 Å². The molecular weight excluding hydrogens is 254 g/mol. The molecule has 102 valence electrons. The Hall–Kier alpha value is -2.49. The van der Waals surface area contributed by atoms with Crippen molar-refractivity contribution in [1.29, 1.82) is 0 Å². The first-order valence-corrected chi connectivity index (χ1v) is 6.47. The highest BCUT2D eigenvalue weighted by Crippen LogP contribution is 2.31. The normalized spacial score (nSPS) is 13.2. The molecule has 1 aliphatic heterocycles. The van der Waals surface area contributed by atoms with E-state index in [1.807, 2.05) is 24.3 Å². The average molecular weight is 269 g/mol. The summed E-state index contributed by atoms with van der Waals surface area (Å²) < 4.78 is 4.99. The molecule has 0 spiro atoms. The molecule has 0 saturated heterocycles. The Balaban J connectivity index is 1.93. The minimum absolute atomic E-state index is 0.0224. The van der Waals surface area contributed by atoms with Gasteiger partial charge >= 0.3 is 0 Å². The van der Waals surface area contributed by atoms with E-state index in [1.165, 1.54) is 18.7 Å². The minimum atomic E-state index is -0.104. The zero-order chi connectivity index (χ0) is 14.1. The molecule has 20 heavy (non-hydrogen) atoms. The number of ether oxygens (including phenoxy) is 1. The molecule has 1 N–H and O–H groups in total. The van der Waals surface area contributed by atoms with Crippen molar-refractivity contribution in [3.05, 3.63) is 53.6 Å². The molecule has 0 aromatic heterocycles. The van der Waals surface area contributed by atoms with Crippen molar-refractivity contribution in [2.45, 2.75) is 6.42 Å². The highest BCUT2D eigenvalue weighted by molar-refractivity contribution is 6.07. The van der Waals surface area contributed by atoms with Crippen LogP contribution in [0.1, 0.15) is 15.9 Å². The fraction of sp³-hybridized carbons (Fsp3) is 0.188. The van der Waals surface area contributed by atoms with Gasteiger partial charge in [0.1, 0.15) is 0 Å². The predicted octanol–water partition coefficient (Wildman–Crippen LogP) is 2.60. The highest BCUT2D eigenvalue weighted by atomic mass is 16.5. The summed E-state index contributed by atoms with van der Waals surface area (Å²) in [7, 11) is 1.48. The van der Waals surface area contributed by atoms with E-state index in [1.54, 1.807) is 17.0 Å². The summed E-state index contributed by atoms with van der Waals surface area (Å²) in [4.78, 5) is 14.3. The van der Waals surface area contributed by atoms with Gasteiger partial charge in [-0.2, -0.15) is 0 Å². The number of benzene rings is 2. The summed E-state index contributed by atoms with van der Waals surface area (Å²) >= 11 is 0. The Labute approximate surface area is 117 Å². The van der Waals surface area contributed by atoms with E-state index in [0.717, 1.165) is 12.1 Å². The molecule has 1 amide bonds. The van der Waals surface area contributed by atoms with Crippen LogP contribution < -0.4 is 9.64 Å². The van der Waals surface area contributed by atoms with Gasteiger partial charge in [0.25, 0.3) is 5.91 Å². The molecular formula is C16H15NO3. The lowest BCUT2D eigenvalue weighted by atomic mass is 10.1. The van der Waals surface area contributed by atoms with Gasteiger partial charge in [0, 0.05) is 17.8 Å². The number of carbonyl (C=O) groups is 1. The highest BCUT2D eigenvalue weighted by Gasteiger charge is 2.25. The largest absolute Gasteiger partial charge is 0.504 e. The topological polar surface area (TPSA) is 49.8 Å². The van der Waals surface area contributed by atoms with Crippen molar-refractivity contribution in [1.82, 2.24) is 0 Å². The smallest absolute Gasteiger partial charge is 0.258 e. The van der Waals surface area contributed by atoms with Gasteiger partial charge in [-0.3, -0.25) is 4.79 Å². The number of nitrogens with zero attached hydrogens (tertiary/aromatic N) is 1. The number of para-hydroxylation sites is 1. The number of phenolic OH excluding ortho intramolecular Hbond substituents is 1. The lowest BCUT2D eigenvalue weighted by Gasteiger charge is -2.17. The number of amides is 1. The number of fused-ring (bicyclic) bond motifs is 1. The molecule has 0 bridgehead atoms. The van der Waals surface area contributed by atoms with Gasteiger partial charge in [-0.1, -0.05) is 18.2 Å². The quantitative estimate of drug-likeness (QED) is 0.911. The Kier molecular flexibility index (Phi) is 3.06. The maximum absolute atomic E-state index is 12.5. The average Bonchev–Trinajstić information content (AvgIpc) is 2.90. The van der Waals surface area contributed by atoms with E-state index in [0.29, 0.717) is 17.9 Å². The van der Waals surface area contributed by atoms with Crippen LogP contribution >= 0.6 is 0 Å². The first-order chi connectivity index (χ1) is 9.70. The van der Waals surface area contributed by atoms with E-state index in [-0.39, 0.29) is 11.7 Å². The van der Waals surface area contributed by atoms with Crippen molar-refractivity contribution in [2.24, 2.45) is 0 Å². The Bertz CT molecular complexity index is 667. The number of hydrogen-bond acceptors (Lipinski definition) is 3. The molecule has 2 aromatic carbocycles. The van der Waals surface area contributed by atoms with Crippen LogP contribution in [0.5, 0.6) is 11.5 Å². The zero-order valence-electron chi connectivity index (χ0n) is 11.2. The van der Waals surface area contributed by atoms with Crippen LogP contribution in [0.25, 0.3) is 0 Å². The van der Waals surface area contributed by atoms with E-state index in [4.69, 9.17) is 4.74 Å². The van der Waals surface area contributed by atoms with Gasteiger partial charge in [-0.15, -0.1) is 0 Å². The third kappa shape index (κ3) is 1.99. The van der Waals surface area contributed by atoms with Crippen molar-refractivity contribution in [2.75, 3.05) is 18.6 Å². The molecule has 0 atom stereocenters. The molecule has 0 unspecified atom stereocenters. The predicted molar refractivity (Wildman–Crippen MR) is 76.5 cm³/mol. The van der Waals surface area contributed by atoms with E-state index in [9.17, 15) is 9.90 Å². The van der Waals surface area contributed by atoms with Crippen molar-refractivity contribution >= 4 is 11.6 Å². The van der Waals surface area contributed by atoms with Crippen molar-refractivity contribution < 1.29 is 14.6 Å². The van der Waals surface area contributed by atoms with Crippen LogP contribution in [0.2, 0.25) is 0 Å². The Morgan fingerprint density at radius 1 is 1.25 bits per heavy atom. The van der Waals surface area contributed by atoms with E-state index in [2.05, 4.69) is 0 Å². The lowest BCUT2D eigenvalue weighted by molar-refractivity contribution is 0.0989. The van der Waals surface area contributed by atoms with Gasteiger partial charge in [0.15, 0.2) is 11.5 Å². The molecule has 0 fully saturated rings. The van der Waals surface area contributed by atoms with Crippen LogP contribution in [0, 0.1) is 0 Å². The van der Waals surface area contributed by atoms with E-state index < -0.39 is 0 Å². The van der Waals surface area contributed by atoms with Crippen LogP contribution in [-0.2, 0) is 6.42 Å². The van der Waals surface area contributed by atoms with Crippen LogP contribution in [0.4, 0.5) is 5.69 Å². The van der Waals surface area contributed by atoms with Gasteiger partial charge in [0.2, 0.25) is 0 Å². The number of rotatable bonds is 2. The number of hydrogen-bond donors (Lipinski definition) is 1. The Morgan fingerprint density at radius 3 is 2.80 bits per heavy atom. The van der Waals surface area contributed by atoms with Crippen molar-refractivity contribution in [3.8, 4) is 11.5 Å². The maximum Gasteiger partial charge on any atom is 0.258 e. The fourth-order valence-electron chi connectivity index (χ4n) is 2.53. The lowest BCUT2D eigenvalue weighted by Crippen LogP contribution is -2.28. The molecule has 1 aliphatic rings. The summed E-state index contributed by atoms with van der Waals surface area (Å²) in [6.45, 7) is 0.672. The molecule has 4 heteroatoms. The number of carbonyl (C=O) groups excluding carboxylic acids is 1. The third-order valence-corrected chi connectivity index (χ3v) is 3.56. The van der Waals surface area contributed by atoms with Crippen LogP contribution in [-0.4, -0.2) is 24.7 Å². The summed E-state index contributed by atoms with van der Waals surface area (Å²) in [5, 5.41) is 9.78. The second kappa shape index (κ2) is 4.89. The standard InChI is InChI=1S/C16H15NO3/c1-20-15-7-6-12(10-14(15)18)16(19)17-9-8-11-4-2-3-5-13(11)17/h2-7,10,18H,8-9H2,1H3. The zero-order valence-corrected chi connectivity index (χ0v) is 11.2. The van der Waals surface area contributed by atoms with Crippen molar-refractivity contribution in [3.63, 3.8) is 0 Å². The van der Waals surface area contributed by atoms with Crippen LogP contribution in [0.3, 0.4) is 0 Å². The number of phenols is 1.